The van der Waals surface area contributed by atoms with Crippen molar-refractivity contribution in [1.29, 1.82) is 0 Å². The van der Waals surface area contributed by atoms with E-state index in [0.29, 0.717) is 18.8 Å². The minimum Gasteiger partial charge on any atom is -0.352 e. The van der Waals surface area contributed by atoms with Crippen LogP contribution in [0.25, 0.3) is 0 Å². The quantitative estimate of drug-likeness (QED) is 0.831. The number of hydrogen-bond donors (Lipinski definition) is 1. The number of rotatable bonds is 4. The molecule has 0 unspecified atom stereocenters. The fraction of sp³-hybridized carbons (Fsp3) is 0.533. The largest absolute Gasteiger partial charge is 0.352 e. The topological polar surface area (TPSA) is 29.1 Å². The molecule has 3 heteroatoms. The van der Waals surface area contributed by atoms with E-state index >= 15 is 0 Å². The van der Waals surface area contributed by atoms with E-state index in [4.69, 9.17) is 11.6 Å². The van der Waals surface area contributed by atoms with Crippen LogP contribution in [0.2, 0.25) is 0 Å². The van der Waals surface area contributed by atoms with Crippen LogP contribution < -0.4 is 5.32 Å². The van der Waals surface area contributed by atoms with Gasteiger partial charge in [0.15, 0.2) is 0 Å². The second kappa shape index (κ2) is 6.24. The Labute approximate surface area is 115 Å². The van der Waals surface area contributed by atoms with Crippen molar-refractivity contribution in [3.8, 4) is 0 Å². The lowest BCUT2D eigenvalue weighted by Crippen LogP contribution is -2.23. The van der Waals surface area contributed by atoms with Crippen LogP contribution in [0.1, 0.15) is 43.9 Å². The maximum atomic E-state index is 11.4. The maximum absolute atomic E-state index is 11.4. The fourth-order valence-electron chi connectivity index (χ4n) is 1.70. The summed E-state index contributed by atoms with van der Waals surface area (Å²) in [5.74, 6) is 0.373. The molecule has 0 radical (unpaired) electrons. The summed E-state index contributed by atoms with van der Waals surface area (Å²) in [5, 5.41) is 2.90. The number of hydrogen-bond acceptors (Lipinski definition) is 1. The highest BCUT2D eigenvalue weighted by molar-refractivity contribution is 6.18. The molecule has 18 heavy (non-hydrogen) atoms. The van der Waals surface area contributed by atoms with Crippen LogP contribution in [0, 0.1) is 6.92 Å². The van der Waals surface area contributed by atoms with Crippen LogP contribution in [-0.2, 0) is 16.8 Å². The summed E-state index contributed by atoms with van der Waals surface area (Å²) in [6.07, 6.45) is 0.375. The van der Waals surface area contributed by atoms with Crippen molar-refractivity contribution in [2.24, 2.45) is 0 Å². The number of carbonyl (C=O) groups excluding carboxylic acids is 1. The number of benzene rings is 1. The first-order chi connectivity index (χ1) is 8.34. The Morgan fingerprint density at radius 3 is 2.56 bits per heavy atom. The van der Waals surface area contributed by atoms with Crippen molar-refractivity contribution < 1.29 is 4.79 Å². The van der Waals surface area contributed by atoms with Gasteiger partial charge in [-0.25, -0.2) is 0 Å². The first-order valence-electron chi connectivity index (χ1n) is 6.27. The maximum Gasteiger partial charge on any atom is 0.221 e. The number of halogens is 1. The van der Waals surface area contributed by atoms with Crippen LogP contribution in [-0.4, -0.2) is 11.8 Å². The Morgan fingerprint density at radius 2 is 2.00 bits per heavy atom. The summed E-state index contributed by atoms with van der Waals surface area (Å²) in [5.41, 5.74) is 3.79. The molecule has 1 N–H and O–H groups in total. The number of alkyl halides is 1. The van der Waals surface area contributed by atoms with Crippen molar-refractivity contribution in [2.45, 2.75) is 46.1 Å². The first-order valence-corrected chi connectivity index (χ1v) is 6.80. The first kappa shape index (κ1) is 15.0. The Bertz CT molecular complexity index is 421. The zero-order valence-electron chi connectivity index (χ0n) is 11.6. The summed E-state index contributed by atoms with van der Waals surface area (Å²) < 4.78 is 0. The molecular weight excluding hydrogens is 246 g/mol. The van der Waals surface area contributed by atoms with Gasteiger partial charge in [0.05, 0.1) is 0 Å². The van der Waals surface area contributed by atoms with Crippen molar-refractivity contribution >= 4 is 17.5 Å². The normalized spacial score (nSPS) is 11.4. The van der Waals surface area contributed by atoms with E-state index < -0.39 is 0 Å². The fourth-order valence-corrected chi connectivity index (χ4v) is 1.87. The molecule has 1 rings (SSSR count). The second-order valence-corrected chi connectivity index (χ2v) is 5.98. The molecule has 100 valence electrons. The highest BCUT2D eigenvalue weighted by Gasteiger charge is 2.14. The van der Waals surface area contributed by atoms with Crippen LogP contribution >= 0.6 is 11.6 Å². The molecule has 0 aromatic heterocycles. The van der Waals surface area contributed by atoms with Crippen LogP contribution in [0.5, 0.6) is 0 Å². The van der Waals surface area contributed by atoms with Gasteiger partial charge in [0.1, 0.15) is 0 Å². The van der Waals surface area contributed by atoms with E-state index in [1.165, 1.54) is 16.7 Å². The molecule has 0 spiro atoms. The SMILES string of the molecule is Cc1ccc(C(C)(C)C)cc1CNC(=O)CCCl. The highest BCUT2D eigenvalue weighted by atomic mass is 35.5. The molecular formula is C15H22ClNO. The van der Waals surface area contributed by atoms with Gasteiger partial charge in [-0.2, -0.15) is 0 Å². The molecule has 2 nitrogen and oxygen atoms in total. The predicted molar refractivity (Wildman–Crippen MR) is 77.1 cm³/mol. The molecule has 0 heterocycles. The lowest BCUT2D eigenvalue weighted by Gasteiger charge is -2.21. The molecule has 0 bridgehead atoms. The van der Waals surface area contributed by atoms with Gasteiger partial charge in [-0.1, -0.05) is 39.0 Å². The number of carbonyl (C=O) groups is 1. The van der Waals surface area contributed by atoms with E-state index in [-0.39, 0.29) is 11.3 Å². The van der Waals surface area contributed by atoms with Crippen LogP contribution in [0.4, 0.5) is 0 Å². The average Bonchev–Trinajstić information content (AvgIpc) is 2.26. The minimum absolute atomic E-state index is 0.00515. The number of nitrogens with one attached hydrogen (secondary N) is 1. The standard InChI is InChI=1S/C15H22ClNO/c1-11-5-6-13(15(2,3)4)9-12(11)10-17-14(18)7-8-16/h5-6,9H,7-8,10H2,1-4H3,(H,17,18). The lowest BCUT2D eigenvalue weighted by atomic mass is 9.85. The monoisotopic (exact) mass is 267 g/mol. The predicted octanol–water partition coefficient (Wildman–Crippen LogP) is 3.54. The van der Waals surface area contributed by atoms with Gasteiger partial charge < -0.3 is 5.32 Å². The molecule has 1 aromatic rings. The smallest absolute Gasteiger partial charge is 0.221 e. The van der Waals surface area contributed by atoms with Crippen molar-refractivity contribution in [2.75, 3.05) is 5.88 Å². The summed E-state index contributed by atoms with van der Waals surface area (Å²) in [4.78, 5) is 11.4. The average molecular weight is 268 g/mol. The highest BCUT2D eigenvalue weighted by Crippen LogP contribution is 2.24. The molecule has 0 aliphatic rings. The minimum atomic E-state index is 0.00515. The Kier molecular flexibility index (Phi) is 5.21. The third-order valence-electron chi connectivity index (χ3n) is 3.01. The van der Waals surface area contributed by atoms with E-state index in [1.807, 2.05) is 0 Å². The van der Waals surface area contributed by atoms with Gasteiger partial charge in [0.25, 0.3) is 0 Å². The van der Waals surface area contributed by atoms with Gasteiger partial charge in [-0.15, -0.1) is 11.6 Å². The molecule has 0 saturated carbocycles. The zero-order valence-corrected chi connectivity index (χ0v) is 12.4. The summed E-state index contributed by atoms with van der Waals surface area (Å²) in [6.45, 7) is 9.20. The van der Waals surface area contributed by atoms with E-state index in [2.05, 4.69) is 51.2 Å². The number of amides is 1. The Balaban J connectivity index is 2.79. The van der Waals surface area contributed by atoms with Gasteiger partial charge in [0, 0.05) is 18.8 Å². The lowest BCUT2D eigenvalue weighted by molar-refractivity contribution is -0.120. The van der Waals surface area contributed by atoms with E-state index in [1.54, 1.807) is 0 Å². The summed E-state index contributed by atoms with van der Waals surface area (Å²) in [6, 6.07) is 6.44. The molecule has 0 saturated heterocycles. The van der Waals surface area contributed by atoms with Gasteiger partial charge in [-0.3, -0.25) is 4.79 Å². The Hall–Kier alpha value is -1.02. The Morgan fingerprint density at radius 1 is 1.33 bits per heavy atom. The molecule has 1 aromatic carbocycles. The third-order valence-corrected chi connectivity index (χ3v) is 3.20. The van der Waals surface area contributed by atoms with Crippen molar-refractivity contribution in [1.82, 2.24) is 5.32 Å². The van der Waals surface area contributed by atoms with Gasteiger partial charge in [-0.05, 0) is 29.0 Å². The molecule has 0 atom stereocenters. The second-order valence-electron chi connectivity index (χ2n) is 5.61. The van der Waals surface area contributed by atoms with Crippen molar-refractivity contribution in [3.05, 3.63) is 34.9 Å². The molecule has 0 fully saturated rings. The summed E-state index contributed by atoms with van der Waals surface area (Å²) >= 11 is 5.53. The molecule has 0 aliphatic heterocycles. The van der Waals surface area contributed by atoms with Gasteiger partial charge >= 0.3 is 0 Å². The third kappa shape index (κ3) is 4.34. The zero-order chi connectivity index (χ0) is 13.8. The van der Waals surface area contributed by atoms with E-state index in [0.717, 1.165) is 0 Å². The molecule has 0 aliphatic carbocycles. The van der Waals surface area contributed by atoms with Crippen LogP contribution in [0.3, 0.4) is 0 Å². The van der Waals surface area contributed by atoms with Crippen LogP contribution in [0.15, 0.2) is 18.2 Å². The van der Waals surface area contributed by atoms with E-state index in [9.17, 15) is 4.79 Å². The van der Waals surface area contributed by atoms with Gasteiger partial charge in [0.2, 0.25) is 5.91 Å². The van der Waals surface area contributed by atoms with Crippen molar-refractivity contribution in [3.63, 3.8) is 0 Å². The molecule has 1 amide bonds. The summed E-state index contributed by atoms with van der Waals surface area (Å²) in [7, 11) is 0. The number of aryl methyl sites for hydroxylation is 1.